The molecular formula is C21H22ClN3O2. The second kappa shape index (κ2) is 8.35. The Labute approximate surface area is 163 Å². The van der Waals surface area contributed by atoms with Gasteiger partial charge in [-0.15, -0.1) is 5.10 Å². The lowest BCUT2D eigenvalue weighted by atomic mass is 9.97. The molecule has 2 aromatic carbocycles. The van der Waals surface area contributed by atoms with E-state index >= 15 is 0 Å². The van der Waals surface area contributed by atoms with Gasteiger partial charge in [0.05, 0.1) is 5.92 Å². The fourth-order valence-corrected chi connectivity index (χ4v) is 2.91. The van der Waals surface area contributed by atoms with Crippen molar-refractivity contribution in [3.63, 3.8) is 0 Å². The lowest BCUT2D eigenvalue weighted by Gasteiger charge is -2.09. The number of carbonyl (C=O) groups excluding carboxylic acids is 1. The van der Waals surface area contributed by atoms with Crippen molar-refractivity contribution in [3.05, 3.63) is 76.1 Å². The molecule has 0 radical (unpaired) electrons. The summed E-state index contributed by atoms with van der Waals surface area (Å²) in [5, 5.41) is 11.2. The van der Waals surface area contributed by atoms with Crippen LogP contribution in [0.1, 0.15) is 54.1 Å². The van der Waals surface area contributed by atoms with Crippen LogP contribution in [-0.2, 0) is 6.42 Å². The Morgan fingerprint density at radius 1 is 1.04 bits per heavy atom. The Bertz CT molecular complexity index is 902. The number of halogens is 1. The van der Waals surface area contributed by atoms with Crippen LogP contribution in [-0.4, -0.2) is 16.1 Å². The van der Waals surface area contributed by atoms with Crippen LogP contribution in [0, 0.1) is 5.92 Å². The number of benzene rings is 2. The topological polar surface area (TPSA) is 68.0 Å². The van der Waals surface area contributed by atoms with Crippen molar-refractivity contribution in [2.45, 2.75) is 33.1 Å². The molecule has 1 amide bonds. The van der Waals surface area contributed by atoms with E-state index in [4.69, 9.17) is 16.0 Å². The Hall–Kier alpha value is -2.66. The molecule has 0 aliphatic heterocycles. The maximum Gasteiger partial charge on any atom is 0.322 e. The van der Waals surface area contributed by atoms with Crippen LogP contribution in [0.4, 0.5) is 6.01 Å². The van der Waals surface area contributed by atoms with Crippen molar-refractivity contribution < 1.29 is 9.21 Å². The Morgan fingerprint density at radius 2 is 1.70 bits per heavy atom. The van der Waals surface area contributed by atoms with Gasteiger partial charge in [-0.1, -0.05) is 54.8 Å². The van der Waals surface area contributed by atoms with Crippen LogP contribution < -0.4 is 5.32 Å². The molecule has 0 saturated heterocycles. The molecule has 6 heteroatoms. The van der Waals surface area contributed by atoms with Crippen molar-refractivity contribution in [1.29, 1.82) is 0 Å². The van der Waals surface area contributed by atoms with Gasteiger partial charge in [0.25, 0.3) is 5.91 Å². The van der Waals surface area contributed by atoms with Crippen molar-refractivity contribution in [3.8, 4) is 0 Å². The molecule has 0 fully saturated rings. The van der Waals surface area contributed by atoms with Gasteiger partial charge >= 0.3 is 6.01 Å². The van der Waals surface area contributed by atoms with Gasteiger partial charge in [0.15, 0.2) is 0 Å². The van der Waals surface area contributed by atoms with E-state index in [1.54, 1.807) is 24.3 Å². The number of amides is 1. The predicted octanol–water partition coefficient (Wildman–Crippen LogP) is 5.33. The lowest BCUT2D eigenvalue weighted by Crippen LogP contribution is -2.11. The molecule has 0 saturated carbocycles. The number of nitrogens with one attached hydrogen (secondary N) is 1. The Kier molecular flexibility index (Phi) is 5.91. The van der Waals surface area contributed by atoms with Gasteiger partial charge in [-0.05, 0) is 54.7 Å². The van der Waals surface area contributed by atoms with Crippen LogP contribution >= 0.6 is 11.6 Å². The third-order valence-electron chi connectivity index (χ3n) is 4.26. The third kappa shape index (κ3) is 4.95. The second-order valence-electron chi connectivity index (χ2n) is 6.97. The first kappa shape index (κ1) is 19.1. The maximum absolute atomic E-state index is 12.2. The number of hydrogen-bond donors (Lipinski definition) is 1. The SMILES string of the molecule is CC(C)Cc1ccc(C(C)c2nnc(NC(=O)c3ccc(Cl)cc3)o2)cc1. The highest BCUT2D eigenvalue weighted by Crippen LogP contribution is 2.25. The molecule has 27 heavy (non-hydrogen) atoms. The summed E-state index contributed by atoms with van der Waals surface area (Å²) in [4.78, 5) is 12.2. The van der Waals surface area contributed by atoms with E-state index in [1.165, 1.54) is 5.56 Å². The van der Waals surface area contributed by atoms with E-state index in [1.807, 2.05) is 6.92 Å². The number of nitrogens with zero attached hydrogens (tertiary/aromatic N) is 2. The monoisotopic (exact) mass is 383 g/mol. The molecule has 0 bridgehead atoms. The number of carbonyl (C=O) groups is 1. The van der Waals surface area contributed by atoms with E-state index in [0.29, 0.717) is 22.4 Å². The number of hydrogen-bond acceptors (Lipinski definition) is 4. The molecule has 0 spiro atoms. The van der Waals surface area contributed by atoms with Gasteiger partial charge in [0.1, 0.15) is 0 Å². The van der Waals surface area contributed by atoms with E-state index in [2.05, 4.69) is 53.6 Å². The quantitative estimate of drug-likeness (QED) is 0.625. The van der Waals surface area contributed by atoms with Crippen LogP contribution in [0.15, 0.2) is 52.9 Å². The summed E-state index contributed by atoms with van der Waals surface area (Å²) in [6.07, 6.45) is 1.05. The first-order chi connectivity index (χ1) is 12.9. The molecular weight excluding hydrogens is 362 g/mol. The van der Waals surface area contributed by atoms with Gasteiger partial charge in [-0.3, -0.25) is 10.1 Å². The fourth-order valence-electron chi connectivity index (χ4n) is 2.79. The zero-order chi connectivity index (χ0) is 19.4. The number of rotatable bonds is 6. The van der Waals surface area contributed by atoms with Gasteiger partial charge in [-0.2, -0.15) is 0 Å². The smallest absolute Gasteiger partial charge is 0.322 e. The van der Waals surface area contributed by atoms with Crippen LogP contribution in [0.5, 0.6) is 0 Å². The highest BCUT2D eigenvalue weighted by molar-refractivity contribution is 6.30. The minimum atomic E-state index is -0.326. The van der Waals surface area contributed by atoms with Crippen molar-refractivity contribution in [2.75, 3.05) is 5.32 Å². The summed E-state index contributed by atoms with van der Waals surface area (Å²) in [6.45, 7) is 6.40. The van der Waals surface area contributed by atoms with E-state index < -0.39 is 0 Å². The Morgan fingerprint density at radius 3 is 2.33 bits per heavy atom. The molecule has 5 nitrogen and oxygen atoms in total. The zero-order valence-electron chi connectivity index (χ0n) is 15.6. The minimum Gasteiger partial charge on any atom is -0.407 e. The van der Waals surface area contributed by atoms with Crippen LogP contribution in [0.3, 0.4) is 0 Å². The van der Waals surface area contributed by atoms with Gasteiger partial charge in [0.2, 0.25) is 5.89 Å². The van der Waals surface area contributed by atoms with Crippen molar-refractivity contribution in [2.24, 2.45) is 5.92 Å². The van der Waals surface area contributed by atoms with E-state index in [0.717, 1.165) is 12.0 Å². The van der Waals surface area contributed by atoms with Gasteiger partial charge in [0, 0.05) is 10.6 Å². The number of anilines is 1. The molecule has 140 valence electrons. The predicted molar refractivity (Wildman–Crippen MR) is 106 cm³/mol. The Balaban J connectivity index is 1.67. The first-order valence-electron chi connectivity index (χ1n) is 8.91. The molecule has 0 aliphatic carbocycles. The second-order valence-corrected chi connectivity index (χ2v) is 7.40. The van der Waals surface area contributed by atoms with Crippen LogP contribution in [0.25, 0.3) is 0 Å². The van der Waals surface area contributed by atoms with Gasteiger partial charge in [-0.25, -0.2) is 0 Å². The lowest BCUT2D eigenvalue weighted by molar-refractivity contribution is 0.102. The molecule has 0 aliphatic rings. The zero-order valence-corrected chi connectivity index (χ0v) is 16.3. The summed E-state index contributed by atoms with van der Waals surface area (Å²) in [5.41, 5.74) is 2.86. The maximum atomic E-state index is 12.2. The summed E-state index contributed by atoms with van der Waals surface area (Å²) in [7, 11) is 0. The highest BCUT2D eigenvalue weighted by atomic mass is 35.5. The highest BCUT2D eigenvalue weighted by Gasteiger charge is 2.18. The molecule has 3 aromatic rings. The minimum absolute atomic E-state index is 0.0632. The number of aromatic nitrogens is 2. The molecule has 1 atom stereocenters. The molecule has 3 rings (SSSR count). The van der Waals surface area contributed by atoms with E-state index in [-0.39, 0.29) is 17.8 Å². The van der Waals surface area contributed by atoms with Gasteiger partial charge < -0.3 is 4.42 Å². The summed E-state index contributed by atoms with van der Waals surface area (Å²) in [6, 6.07) is 15.1. The normalized spacial score (nSPS) is 12.2. The van der Waals surface area contributed by atoms with Crippen molar-refractivity contribution >= 4 is 23.5 Å². The summed E-state index contributed by atoms with van der Waals surface area (Å²) in [5.74, 6) is 0.688. The standard InChI is InChI=1S/C21H22ClN3O2/c1-13(2)12-15-4-6-16(7-5-15)14(3)20-24-25-21(27-20)23-19(26)17-8-10-18(22)11-9-17/h4-11,13-14H,12H2,1-3H3,(H,23,25,26). The molecule has 1 aromatic heterocycles. The van der Waals surface area contributed by atoms with E-state index in [9.17, 15) is 4.79 Å². The average Bonchev–Trinajstić information content (AvgIpc) is 3.10. The van der Waals surface area contributed by atoms with Crippen LogP contribution in [0.2, 0.25) is 5.02 Å². The molecule has 1 N–H and O–H groups in total. The first-order valence-corrected chi connectivity index (χ1v) is 9.29. The van der Waals surface area contributed by atoms with Crippen molar-refractivity contribution in [1.82, 2.24) is 10.2 Å². The summed E-state index contributed by atoms with van der Waals surface area (Å²) >= 11 is 5.83. The summed E-state index contributed by atoms with van der Waals surface area (Å²) < 4.78 is 5.63. The average molecular weight is 384 g/mol. The fraction of sp³-hybridized carbons (Fsp3) is 0.286. The molecule has 1 heterocycles. The third-order valence-corrected chi connectivity index (χ3v) is 4.51. The largest absolute Gasteiger partial charge is 0.407 e. The molecule has 1 unspecified atom stereocenters.